The van der Waals surface area contributed by atoms with Gasteiger partial charge in [0.2, 0.25) is 0 Å². The van der Waals surface area contributed by atoms with Crippen LogP contribution in [0.1, 0.15) is 30.5 Å². The molecule has 1 rings (SSSR count). The monoisotopic (exact) mass is 221 g/mol. The van der Waals surface area contributed by atoms with Crippen molar-refractivity contribution >= 4 is 0 Å². The fourth-order valence-corrected chi connectivity index (χ4v) is 1.85. The van der Waals surface area contributed by atoms with E-state index in [9.17, 15) is 0 Å². The average Bonchev–Trinajstić information content (AvgIpc) is 2.22. The van der Waals surface area contributed by atoms with Crippen LogP contribution < -0.4 is 10.5 Å². The second-order valence-electron chi connectivity index (χ2n) is 5.29. The first kappa shape index (κ1) is 13.0. The van der Waals surface area contributed by atoms with Crippen molar-refractivity contribution in [1.29, 1.82) is 0 Å². The maximum atomic E-state index is 5.77. The molecule has 2 N–H and O–H groups in total. The third kappa shape index (κ3) is 2.99. The second-order valence-corrected chi connectivity index (χ2v) is 5.29. The molecule has 0 atom stereocenters. The summed E-state index contributed by atoms with van der Waals surface area (Å²) in [6.07, 6.45) is 1.01. The molecule has 0 spiro atoms. The molecule has 16 heavy (non-hydrogen) atoms. The van der Waals surface area contributed by atoms with E-state index >= 15 is 0 Å². The van der Waals surface area contributed by atoms with Gasteiger partial charge in [-0.05, 0) is 55.0 Å². The molecule has 0 aliphatic heterocycles. The summed E-state index contributed by atoms with van der Waals surface area (Å²) in [5, 5.41) is 0. The van der Waals surface area contributed by atoms with Crippen LogP contribution in [0.2, 0.25) is 0 Å². The van der Waals surface area contributed by atoms with Crippen molar-refractivity contribution in [2.45, 2.75) is 34.1 Å². The predicted molar refractivity (Wildman–Crippen MR) is 69.0 cm³/mol. The highest BCUT2D eigenvalue weighted by Gasteiger charge is 2.18. The Hall–Kier alpha value is -1.02. The Morgan fingerprint density at radius 3 is 2.31 bits per heavy atom. The Morgan fingerprint density at radius 2 is 1.81 bits per heavy atom. The number of rotatable bonds is 4. The number of methoxy groups -OCH3 is 1. The van der Waals surface area contributed by atoms with Crippen molar-refractivity contribution in [3.63, 3.8) is 0 Å². The van der Waals surface area contributed by atoms with Gasteiger partial charge in [-0.25, -0.2) is 0 Å². The summed E-state index contributed by atoms with van der Waals surface area (Å²) < 4.78 is 5.31. The predicted octanol–water partition coefficient (Wildman–Crippen LogP) is 2.84. The third-order valence-corrected chi connectivity index (χ3v) is 3.08. The highest BCUT2D eigenvalue weighted by atomic mass is 16.5. The molecule has 0 aliphatic carbocycles. The van der Waals surface area contributed by atoms with Gasteiger partial charge < -0.3 is 10.5 Å². The van der Waals surface area contributed by atoms with Crippen molar-refractivity contribution < 1.29 is 4.74 Å². The zero-order valence-electron chi connectivity index (χ0n) is 11.1. The van der Waals surface area contributed by atoms with Gasteiger partial charge in [0.1, 0.15) is 5.75 Å². The van der Waals surface area contributed by atoms with Gasteiger partial charge in [0.25, 0.3) is 0 Å². The summed E-state index contributed by atoms with van der Waals surface area (Å²) in [6.45, 7) is 9.32. The fraction of sp³-hybridized carbons (Fsp3) is 0.571. The Balaban J connectivity index is 3.02. The van der Waals surface area contributed by atoms with Crippen molar-refractivity contribution in [3.05, 3.63) is 28.8 Å². The zero-order valence-corrected chi connectivity index (χ0v) is 11.1. The van der Waals surface area contributed by atoms with E-state index in [1.807, 2.05) is 0 Å². The number of benzene rings is 1. The summed E-state index contributed by atoms with van der Waals surface area (Å²) in [5.74, 6) is 0.965. The quantitative estimate of drug-likeness (QED) is 0.848. The number of nitrogens with two attached hydrogens (primary N) is 1. The van der Waals surface area contributed by atoms with Crippen LogP contribution in [-0.4, -0.2) is 13.7 Å². The molecular weight excluding hydrogens is 198 g/mol. The summed E-state index contributed by atoms with van der Waals surface area (Å²) in [4.78, 5) is 0. The molecule has 0 aromatic heterocycles. The van der Waals surface area contributed by atoms with E-state index in [1.54, 1.807) is 7.11 Å². The molecule has 0 aliphatic rings. The molecule has 0 amide bonds. The lowest BCUT2D eigenvalue weighted by Crippen LogP contribution is -2.26. The van der Waals surface area contributed by atoms with Gasteiger partial charge in [0, 0.05) is 0 Å². The van der Waals surface area contributed by atoms with E-state index in [-0.39, 0.29) is 5.41 Å². The second kappa shape index (κ2) is 4.88. The van der Waals surface area contributed by atoms with Gasteiger partial charge in [-0.1, -0.05) is 19.9 Å². The topological polar surface area (TPSA) is 35.2 Å². The Morgan fingerprint density at radius 1 is 1.19 bits per heavy atom. The lowest BCUT2D eigenvalue weighted by atomic mass is 9.84. The standard InChI is InChI=1S/C14H23NO/c1-10-7-13(16-5)11(2)6-12(10)8-14(3,4)9-15/h6-7H,8-9,15H2,1-5H3. The molecule has 0 saturated heterocycles. The van der Waals surface area contributed by atoms with Gasteiger partial charge in [0.15, 0.2) is 0 Å². The molecule has 0 bridgehead atoms. The van der Waals surface area contributed by atoms with Crippen LogP contribution in [0.25, 0.3) is 0 Å². The zero-order chi connectivity index (χ0) is 12.3. The van der Waals surface area contributed by atoms with Crippen LogP contribution in [0.15, 0.2) is 12.1 Å². The number of ether oxygens (including phenoxy) is 1. The van der Waals surface area contributed by atoms with Crippen LogP contribution in [0.3, 0.4) is 0 Å². The summed E-state index contributed by atoms with van der Waals surface area (Å²) in [7, 11) is 1.71. The van der Waals surface area contributed by atoms with Gasteiger partial charge >= 0.3 is 0 Å². The number of hydrogen-bond donors (Lipinski definition) is 1. The lowest BCUT2D eigenvalue weighted by Gasteiger charge is -2.24. The van der Waals surface area contributed by atoms with Crippen molar-refractivity contribution in [3.8, 4) is 5.75 Å². The molecule has 0 unspecified atom stereocenters. The largest absolute Gasteiger partial charge is 0.496 e. The minimum atomic E-state index is 0.159. The molecule has 2 heteroatoms. The van der Waals surface area contributed by atoms with Crippen LogP contribution in [0.5, 0.6) is 5.75 Å². The van der Waals surface area contributed by atoms with Crippen molar-refractivity contribution in [1.82, 2.24) is 0 Å². The van der Waals surface area contributed by atoms with Crippen LogP contribution in [0.4, 0.5) is 0 Å². The molecule has 2 nitrogen and oxygen atoms in total. The molecule has 1 aromatic carbocycles. The van der Waals surface area contributed by atoms with Crippen LogP contribution in [0, 0.1) is 19.3 Å². The molecule has 1 aromatic rings. The van der Waals surface area contributed by atoms with Gasteiger partial charge in [-0.15, -0.1) is 0 Å². The SMILES string of the molecule is COc1cc(C)c(CC(C)(C)CN)cc1C. The first-order chi connectivity index (χ1) is 7.39. The van der Waals surface area contributed by atoms with Gasteiger partial charge in [-0.3, -0.25) is 0 Å². The average molecular weight is 221 g/mol. The normalized spacial score (nSPS) is 11.6. The Bertz CT molecular complexity index is 369. The van der Waals surface area contributed by atoms with E-state index < -0.39 is 0 Å². The van der Waals surface area contributed by atoms with E-state index in [0.29, 0.717) is 6.54 Å². The molecule has 90 valence electrons. The van der Waals surface area contributed by atoms with Crippen LogP contribution >= 0.6 is 0 Å². The first-order valence-electron chi connectivity index (χ1n) is 5.74. The summed E-state index contributed by atoms with van der Waals surface area (Å²) in [5.41, 5.74) is 9.77. The Labute approximate surface area is 98.8 Å². The smallest absolute Gasteiger partial charge is 0.122 e. The maximum Gasteiger partial charge on any atom is 0.122 e. The highest BCUT2D eigenvalue weighted by Crippen LogP contribution is 2.27. The minimum Gasteiger partial charge on any atom is -0.496 e. The van der Waals surface area contributed by atoms with E-state index in [2.05, 4.69) is 39.8 Å². The summed E-state index contributed by atoms with van der Waals surface area (Å²) >= 11 is 0. The van der Waals surface area contributed by atoms with Crippen molar-refractivity contribution in [2.75, 3.05) is 13.7 Å². The van der Waals surface area contributed by atoms with E-state index in [1.165, 1.54) is 16.7 Å². The molecule has 0 radical (unpaired) electrons. The highest BCUT2D eigenvalue weighted by molar-refractivity contribution is 5.41. The third-order valence-electron chi connectivity index (χ3n) is 3.08. The van der Waals surface area contributed by atoms with E-state index in [4.69, 9.17) is 10.5 Å². The maximum absolute atomic E-state index is 5.77. The Kier molecular flexibility index (Phi) is 3.98. The number of aryl methyl sites for hydroxylation is 2. The summed E-state index contributed by atoms with van der Waals surface area (Å²) in [6, 6.07) is 4.32. The lowest BCUT2D eigenvalue weighted by molar-refractivity contribution is 0.375. The van der Waals surface area contributed by atoms with E-state index in [0.717, 1.165) is 12.2 Å². The van der Waals surface area contributed by atoms with Crippen molar-refractivity contribution in [2.24, 2.45) is 11.1 Å². The van der Waals surface area contributed by atoms with Gasteiger partial charge in [0.05, 0.1) is 7.11 Å². The first-order valence-corrected chi connectivity index (χ1v) is 5.74. The minimum absolute atomic E-state index is 0.159. The number of hydrogen-bond acceptors (Lipinski definition) is 2. The van der Waals surface area contributed by atoms with Gasteiger partial charge in [-0.2, -0.15) is 0 Å². The molecule has 0 heterocycles. The molecule has 0 saturated carbocycles. The fourth-order valence-electron chi connectivity index (χ4n) is 1.85. The molecular formula is C14H23NO. The van der Waals surface area contributed by atoms with Crippen LogP contribution in [-0.2, 0) is 6.42 Å². The molecule has 0 fully saturated rings.